The van der Waals surface area contributed by atoms with Gasteiger partial charge in [0.25, 0.3) is 5.56 Å². The van der Waals surface area contributed by atoms with Crippen LogP contribution in [0.5, 0.6) is 5.88 Å². The van der Waals surface area contributed by atoms with E-state index in [1.807, 2.05) is 0 Å². The first kappa shape index (κ1) is 9.39. The van der Waals surface area contributed by atoms with Gasteiger partial charge in [0, 0.05) is 18.8 Å². The number of hydrogen-bond donors (Lipinski definition) is 1. The molecule has 0 saturated heterocycles. The third kappa shape index (κ3) is 1.48. The van der Waals surface area contributed by atoms with Crippen molar-refractivity contribution in [3.8, 4) is 5.88 Å². The van der Waals surface area contributed by atoms with Crippen molar-refractivity contribution in [2.24, 2.45) is 0 Å². The van der Waals surface area contributed by atoms with Crippen molar-refractivity contribution in [3.63, 3.8) is 0 Å². The predicted molar refractivity (Wildman–Crippen MR) is 54.8 cm³/mol. The van der Waals surface area contributed by atoms with E-state index in [0.29, 0.717) is 0 Å². The summed E-state index contributed by atoms with van der Waals surface area (Å²) in [4.78, 5) is 19.5. The smallest absolute Gasteiger partial charge is 0.266 e. The molecule has 0 fully saturated rings. The number of aromatic nitrogens is 3. The molecule has 0 atom stereocenters. The average molecular weight is 203 g/mol. The van der Waals surface area contributed by atoms with Crippen LogP contribution in [-0.4, -0.2) is 19.5 Å². The zero-order valence-electron chi connectivity index (χ0n) is 7.92. The van der Waals surface area contributed by atoms with Gasteiger partial charge in [-0.3, -0.25) is 9.20 Å². The lowest BCUT2D eigenvalue weighted by Gasteiger charge is -2.03. The molecule has 0 bridgehead atoms. The second-order valence-corrected chi connectivity index (χ2v) is 3.00. The van der Waals surface area contributed by atoms with Crippen LogP contribution in [0.25, 0.3) is 5.78 Å². The number of allylic oxidation sites excluding steroid dienone is 1. The highest BCUT2D eigenvalue weighted by atomic mass is 16.3. The highest BCUT2D eigenvalue weighted by molar-refractivity contribution is 5.36. The molecule has 0 radical (unpaired) electrons. The summed E-state index contributed by atoms with van der Waals surface area (Å²) >= 11 is 0. The van der Waals surface area contributed by atoms with E-state index in [1.54, 1.807) is 18.3 Å². The molecular weight excluding hydrogens is 194 g/mol. The Balaban J connectivity index is 2.84. The molecule has 5 nitrogen and oxygen atoms in total. The molecule has 76 valence electrons. The van der Waals surface area contributed by atoms with E-state index in [9.17, 15) is 9.90 Å². The van der Waals surface area contributed by atoms with Gasteiger partial charge in [-0.2, -0.15) is 4.98 Å². The second kappa shape index (κ2) is 3.53. The topological polar surface area (TPSA) is 67.5 Å². The van der Waals surface area contributed by atoms with Crippen LogP contribution < -0.4 is 5.56 Å². The number of nitrogens with zero attached hydrogens (tertiary/aromatic N) is 3. The SMILES string of the molecule is C=CCc1c(O)nc2ncccn2c1=O. The van der Waals surface area contributed by atoms with Gasteiger partial charge < -0.3 is 5.11 Å². The fraction of sp³-hybridized carbons (Fsp3) is 0.100. The molecule has 2 aromatic heterocycles. The minimum absolute atomic E-state index is 0.188. The summed E-state index contributed by atoms with van der Waals surface area (Å²) in [6, 6.07) is 1.63. The molecule has 0 saturated carbocycles. The molecule has 0 aromatic carbocycles. The molecule has 1 N–H and O–H groups in total. The van der Waals surface area contributed by atoms with Crippen molar-refractivity contribution >= 4 is 5.78 Å². The molecule has 0 amide bonds. The number of fused-ring (bicyclic) bond motifs is 1. The monoisotopic (exact) mass is 203 g/mol. The lowest BCUT2D eigenvalue weighted by molar-refractivity contribution is 0.445. The van der Waals surface area contributed by atoms with Gasteiger partial charge in [-0.1, -0.05) is 6.08 Å². The number of rotatable bonds is 2. The summed E-state index contributed by atoms with van der Waals surface area (Å²) in [5.74, 6) is -0.0913. The minimum Gasteiger partial charge on any atom is -0.493 e. The Kier molecular flexibility index (Phi) is 2.21. The summed E-state index contributed by atoms with van der Waals surface area (Å²) in [5, 5.41) is 9.51. The zero-order valence-corrected chi connectivity index (χ0v) is 7.92. The minimum atomic E-state index is -0.314. The van der Waals surface area contributed by atoms with E-state index in [1.165, 1.54) is 10.6 Å². The van der Waals surface area contributed by atoms with E-state index in [0.717, 1.165) is 0 Å². The summed E-state index contributed by atoms with van der Waals surface area (Å²) in [6.07, 6.45) is 4.90. The molecule has 2 heterocycles. The van der Waals surface area contributed by atoms with Gasteiger partial charge in [0.1, 0.15) is 0 Å². The number of aromatic hydroxyl groups is 1. The Morgan fingerprint density at radius 1 is 1.60 bits per heavy atom. The Hall–Kier alpha value is -2.17. The van der Waals surface area contributed by atoms with Crippen molar-refractivity contribution < 1.29 is 5.11 Å². The summed E-state index contributed by atoms with van der Waals surface area (Å²) < 4.78 is 1.29. The zero-order chi connectivity index (χ0) is 10.8. The highest BCUT2D eigenvalue weighted by Crippen LogP contribution is 2.10. The Bertz CT molecular complexity index is 574. The predicted octanol–water partition coefficient (Wildman–Crippen LogP) is 0.524. The maximum absolute atomic E-state index is 11.8. The fourth-order valence-corrected chi connectivity index (χ4v) is 1.33. The third-order valence-electron chi connectivity index (χ3n) is 2.03. The summed E-state index contributed by atoms with van der Waals surface area (Å²) in [6.45, 7) is 3.52. The van der Waals surface area contributed by atoms with E-state index >= 15 is 0 Å². The van der Waals surface area contributed by atoms with Gasteiger partial charge in [0.05, 0.1) is 5.56 Å². The quantitative estimate of drug-likeness (QED) is 0.723. The maximum atomic E-state index is 11.8. The van der Waals surface area contributed by atoms with Crippen LogP contribution in [0.1, 0.15) is 5.56 Å². The van der Waals surface area contributed by atoms with Crippen LogP contribution in [0.3, 0.4) is 0 Å². The summed E-state index contributed by atoms with van der Waals surface area (Å²) in [5.41, 5.74) is -0.0824. The fourth-order valence-electron chi connectivity index (χ4n) is 1.33. The van der Waals surface area contributed by atoms with Crippen molar-refractivity contribution in [2.45, 2.75) is 6.42 Å². The van der Waals surface area contributed by atoms with Crippen molar-refractivity contribution in [2.75, 3.05) is 0 Å². The van der Waals surface area contributed by atoms with Gasteiger partial charge in [-0.25, -0.2) is 4.98 Å². The first-order valence-electron chi connectivity index (χ1n) is 4.40. The standard InChI is InChI=1S/C10H9N3O2/c1-2-4-7-8(14)12-10-11-5-3-6-13(10)9(7)15/h2-3,5-6,14H,1,4H2. The summed E-state index contributed by atoms with van der Waals surface area (Å²) in [7, 11) is 0. The van der Waals surface area contributed by atoms with E-state index in [4.69, 9.17) is 0 Å². The van der Waals surface area contributed by atoms with Crippen LogP contribution >= 0.6 is 0 Å². The van der Waals surface area contributed by atoms with Gasteiger partial charge in [-0.05, 0) is 6.07 Å². The normalized spacial score (nSPS) is 10.4. The molecule has 0 aliphatic heterocycles. The van der Waals surface area contributed by atoms with Crippen LogP contribution in [0.2, 0.25) is 0 Å². The Labute approximate surface area is 85.4 Å². The first-order valence-corrected chi connectivity index (χ1v) is 4.40. The van der Waals surface area contributed by atoms with Gasteiger partial charge in [-0.15, -0.1) is 6.58 Å². The molecule has 0 unspecified atom stereocenters. The molecule has 0 aliphatic carbocycles. The van der Waals surface area contributed by atoms with Gasteiger partial charge >= 0.3 is 0 Å². The molecule has 0 spiro atoms. The number of hydrogen-bond acceptors (Lipinski definition) is 4. The average Bonchev–Trinajstić information content (AvgIpc) is 2.24. The molecule has 2 aromatic rings. The van der Waals surface area contributed by atoms with Crippen molar-refractivity contribution in [3.05, 3.63) is 47.0 Å². The van der Waals surface area contributed by atoms with Crippen LogP contribution in [0, 0.1) is 0 Å². The Morgan fingerprint density at radius 3 is 3.13 bits per heavy atom. The Morgan fingerprint density at radius 2 is 2.40 bits per heavy atom. The molecule has 0 aliphatic rings. The van der Waals surface area contributed by atoms with E-state index < -0.39 is 0 Å². The second-order valence-electron chi connectivity index (χ2n) is 3.00. The van der Waals surface area contributed by atoms with Gasteiger partial charge in [0.2, 0.25) is 11.7 Å². The van der Waals surface area contributed by atoms with E-state index in [-0.39, 0.29) is 29.2 Å². The lowest BCUT2D eigenvalue weighted by atomic mass is 10.2. The van der Waals surface area contributed by atoms with Crippen LogP contribution in [-0.2, 0) is 6.42 Å². The highest BCUT2D eigenvalue weighted by Gasteiger charge is 2.10. The maximum Gasteiger partial charge on any atom is 0.266 e. The van der Waals surface area contributed by atoms with Crippen molar-refractivity contribution in [1.82, 2.24) is 14.4 Å². The van der Waals surface area contributed by atoms with Crippen LogP contribution in [0.4, 0.5) is 0 Å². The third-order valence-corrected chi connectivity index (χ3v) is 2.03. The first-order chi connectivity index (χ1) is 7.24. The van der Waals surface area contributed by atoms with Gasteiger partial charge in [0.15, 0.2) is 0 Å². The van der Waals surface area contributed by atoms with Crippen LogP contribution in [0.15, 0.2) is 35.9 Å². The molecule has 2 rings (SSSR count). The van der Waals surface area contributed by atoms with E-state index in [2.05, 4.69) is 16.5 Å². The van der Waals surface area contributed by atoms with Crippen molar-refractivity contribution in [1.29, 1.82) is 0 Å². The molecule has 5 heteroatoms. The molecular formula is C10H9N3O2. The molecule has 15 heavy (non-hydrogen) atoms. The largest absolute Gasteiger partial charge is 0.493 e. The lowest BCUT2D eigenvalue weighted by Crippen LogP contribution is -2.19.